The minimum absolute atomic E-state index is 0.327. The predicted molar refractivity (Wildman–Crippen MR) is 134 cm³/mol. The number of hydrogen-bond donors (Lipinski definition) is 2. The molecule has 3 heterocycles. The molecule has 35 heavy (non-hydrogen) atoms. The summed E-state index contributed by atoms with van der Waals surface area (Å²) in [6.07, 6.45) is -2.67. The van der Waals surface area contributed by atoms with Gasteiger partial charge in [0.15, 0.2) is 0 Å². The number of benzene rings is 2. The molecule has 0 radical (unpaired) electrons. The van der Waals surface area contributed by atoms with Crippen LogP contribution in [0.3, 0.4) is 0 Å². The number of fused-ring (bicyclic) bond motifs is 2. The summed E-state index contributed by atoms with van der Waals surface area (Å²) in [6.45, 7) is 5.30. The lowest BCUT2D eigenvalue weighted by Crippen LogP contribution is -2.27. The molecule has 0 saturated heterocycles. The van der Waals surface area contributed by atoms with Gasteiger partial charge >= 0.3 is 12.2 Å². The minimum atomic E-state index is -1.18. The standard InChI is InChI=1S/C26H23N3O5S/c1-26(2,3)34-25(33)29-19-11-12-35-23(19)21(27-29)20-14-17-13-16(9-10-18(17)28(20)24(31)32)22(30)15-7-5-4-6-8-15/h4-14,22,30H,1-3H3,(H,31,32). The van der Waals surface area contributed by atoms with E-state index in [0.29, 0.717) is 38.1 Å². The molecule has 0 bridgehead atoms. The molecule has 0 spiro atoms. The molecule has 0 aliphatic heterocycles. The lowest BCUT2D eigenvalue weighted by molar-refractivity contribution is 0.0523. The van der Waals surface area contributed by atoms with Crippen molar-refractivity contribution in [3.63, 3.8) is 0 Å². The number of aromatic nitrogens is 3. The first kappa shape index (κ1) is 22.8. The number of carbonyl (C=O) groups is 2. The summed E-state index contributed by atoms with van der Waals surface area (Å²) >= 11 is 1.36. The van der Waals surface area contributed by atoms with Gasteiger partial charge in [-0.3, -0.25) is 0 Å². The Kier molecular flexibility index (Phi) is 5.46. The molecule has 0 aliphatic rings. The van der Waals surface area contributed by atoms with E-state index in [0.717, 1.165) is 10.1 Å². The van der Waals surface area contributed by atoms with Crippen molar-refractivity contribution < 1.29 is 24.5 Å². The van der Waals surface area contributed by atoms with Crippen LogP contribution in [-0.2, 0) is 4.74 Å². The Morgan fingerprint density at radius 1 is 1.00 bits per heavy atom. The second-order valence-electron chi connectivity index (χ2n) is 9.15. The number of carboxylic acid groups (broad SMARTS) is 1. The fourth-order valence-electron chi connectivity index (χ4n) is 4.07. The molecule has 9 heteroatoms. The Morgan fingerprint density at radius 3 is 2.43 bits per heavy atom. The molecular formula is C26H23N3O5S. The average Bonchev–Trinajstić information content (AvgIpc) is 3.50. The van der Waals surface area contributed by atoms with Gasteiger partial charge < -0.3 is 14.9 Å². The highest BCUT2D eigenvalue weighted by Gasteiger charge is 2.26. The van der Waals surface area contributed by atoms with E-state index in [1.54, 1.807) is 51.1 Å². The monoisotopic (exact) mass is 489 g/mol. The first-order valence-electron chi connectivity index (χ1n) is 11.0. The van der Waals surface area contributed by atoms with Gasteiger partial charge in [0.1, 0.15) is 17.4 Å². The summed E-state index contributed by atoms with van der Waals surface area (Å²) in [5.74, 6) is 0. The van der Waals surface area contributed by atoms with Crippen LogP contribution in [0.25, 0.3) is 32.5 Å². The zero-order valence-electron chi connectivity index (χ0n) is 19.3. The van der Waals surface area contributed by atoms with Gasteiger partial charge in [-0.15, -0.1) is 11.3 Å². The highest BCUT2D eigenvalue weighted by molar-refractivity contribution is 7.17. The quantitative estimate of drug-likeness (QED) is 0.317. The lowest BCUT2D eigenvalue weighted by Gasteiger charge is -2.19. The van der Waals surface area contributed by atoms with Crippen molar-refractivity contribution in [1.82, 2.24) is 14.3 Å². The van der Waals surface area contributed by atoms with Crippen molar-refractivity contribution in [3.8, 4) is 11.4 Å². The highest BCUT2D eigenvalue weighted by Crippen LogP contribution is 2.36. The molecule has 8 nitrogen and oxygen atoms in total. The third kappa shape index (κ3) is 4.09. The molecular weight excluding hydrogens is 466 g/mol. The fraction of sp³-hybridized carbons (Fsp3) is 0.192. The normalized spacial score (nSPS) is 12.8. The Labute approximate surface area is 204 Å². The second-order valence-corrected chi connectivity index (χ2v) is 10.1. The number of hydrogen-bond acceptors (Lipinski definition) is 6. The first-order chi connectivity index (χ1) is 16.6. The molecule has 5 rings (SSSR count). The van der Waals surface area contributed by atoms with Gasteiger partial charge in [-0.1, -0.05) is 36.4 Å². The van der Waals surface area contributed by atoms with Crippen molar-refractivity contribution in [2.45, 2.75) is 32.5 Å². The summed E-state index contributed by atoms with van der Waals surface area (Å²) in [5, 5.41) is 27.8. The van der Waals surface area contributed by atoms with Crippen LogP contribution >= 0.6 is 11.3 Å². The van der Waals surface area contributed by atoms with E-state index >= 15 is 0 Å². The third-order valence-electron chi connectivity index (χ3n) is 5.54. The van der Waals surface area contributed by atoms with E-state index in [2.05, 4.69) is 5.10 Å². The topological polar surface area (TPSA) is 107 Å². The van der Waals surface area contributed by atoms with Crippen molar-refractivity contribution >= 4 is 44.6 Å². The number of aliphatic hydroxyl groups excluding tert-OH is 1. The van der Waals surface area contributed by atoms with Gasteiger partial charge in [-0.2, -0.15) is 9.78 Å². The van der Waals surface area contributed by atoms with Crippen LogP contribution in [-0.4, -0.2) is 42.3 Å². The molecule has 5 aromatic rings. The summed E-state index contributed by atoms with van der Waals surface area (Å²) in [7, 11) is 0. The lowest BCUT2D eigenvalue weighted by atomic mass is 10.0. The van der Waals surface area contributed by atoms with Gasteiger partial charge in [0.2, 0.25) is 0 Å². The molecule has 0 amide bonds. The van der Waals surface area contributed by atoms with E-state index in [9.17, 15) is 19.8 Å². The Morgan fingerprint density at radius 2 is 1.74 bits per heavy atom. The minimum Gasteiger partial charge on any atom is -0.464 e. The van der Waals surface area contributed by atoms with Gasteiger partial charge in [0.05, 0.1) is 21.4 Å². The van der Waals surface area contributed by atoms with E-state index in [1.807, 2.05) is 35.7 Å². The summed E-state index contributed by atoms with van der Waals surface area (Å²) in [6, 6.07) is 17.9. The van der Waals surface area contributed by atoms with Crippen molar-refractivity contribution in [1.29, 1.82) is 0 Å². The summed E-state index contributed by atoms with van der Waals surface area (Å²) in [4.78, 5) is 25.1. The maximum Gasteiger partial charge on any atom is 0.435 e. The Bertz CT molecular complexity index is 1570. The van der Waals surface area contributed by atoms with Crippen LogP contribution in [0.4, 0.5) is 9.59 Å². The van der Waals surface area contributed by atoms with Crippen LogP contribution in [0.5, 0.6) is 0 Å². The van der Waals surface area contributed by atoms with Crippen LogP contribution < -0.4 is 0 Å². The number of ether oxygens (including phenoxy) is 1. The van der Waals surface area contributed by atoms with Crippen LogP contribution in [0, 0.1) is 0 Å². The average molecular weight is 490 g/mol. The molecule has 3 aromatic heterocycles. The predicted octanol–water partition coefficient (Wildman–Crippen LogP) is 6.11. The Hall–Kier alpha value is -3.95. The molecule has 1 unspecified atom stereocenters. The van der Waals surface area contributed by atoms with E-state index in [-0.39, 0.29) is 0 Å². The number of thiophene rings is 1. The molecule has 0 aliphatic carbocycles. The number of rotatable bonds is 3. The maximum absolute atomic E-state index is 12.8. The zero-order valence-corrected chi connectivity index (χ0v) is 20.1. The maximum atomic E-state index is 12.8. The molecule has 2 N–H and O–H groups in total. The third-order valence-corrected chi connectivity index (χ3v) is 6.46. The molecule has 0 saturated carbocycles. The number of aliphatic hydroxyl groups is 1. The smallest absolute Gasteiger partial charge is 0.435 e. The van der Waals surface area contributed by atoms with E-state index < -0.39 is 23.9 Å². The molecule has 0 fully saturated rings. The van der Waals surface area contributed by atoms with E-state index in [1.165, 1.54) is 16.0 Å². The van der Waals surface area contributed by atoms with Crippen molar-refractivity contribution in [2.75, 3.05) is 0 Å². The zero-order chi connectivity index (χ0) is 24.9. The molecule has 2 aromatic carbocycles. The van der Waals surface area contributed by atoms with E-state index in [4.69, 9.17) is 4.74 Å². The summed E-state index contributed by atoms with van der Waals surface area (Å²) < 4.78 is 8.47. The fourth-order valence-corrected chi connectivity index (χ4v) is 4.94. The van der Waals surface area contributed by atoms with Crippen molar-refractivity contribution in [3.05, 3.63) is 77.2 Å². The van der Waals surface area contributed by atoms with Gasteiger partial charge in [-0.25, -0.2) is 14.2 Å². The van der Waals surface area contributed by atoms with Gasteiger partial charge in [-0.05, 0) is 61.5 Å². The number of carbonyl (C=O) groups excluding carboxylic acids is 1. The van der Waals surface area contributed by atoms with Crippen molar-refractivity contribution in [2.24, 2.45) is 0 Å². The second kappa shape index (κ2) is 8.37. The van der Waals surface area contributed by atoms with Crippen LogP contribution in [0.15, 0.2) is 66.0 Å². The highest BCUT2D eigenvalue weighted by atomic mass is 32.1. The molecule has 1 atom stereocenters. The van der Waals surface area contributed by atoms with Crippen LogP contribution in [0.1, 0.15) is 38.0 Å². The van der Waals surface area contributed by atoms with Gasteiger partial charge in [0, 0.05) is 5.39 Å². The summed E-state index contributed by atoms with van der Waals surface area (Å²) in [5.41, 5.74) is 2.35. The largest absolute Gasteiger partial charge is 0.464 e. The van der Waals surface area contributed by atoms with Crippen LogP contribution in [0.2, 0.25) is 0 Å². The number of nitrogens with zero attached hydrogens (tertiary/aromatic N) is 3. The SMILES string of the molecule is CC(C)(C)OC(=O)n1nc(-c2cc3cc(C(O)c4ccccc4)ccc3n2C(=O)O)c2sccc21. The van der Waals surface area contributed by atoms with Gasteiger partial charge in [0.25, 0.3) is 0 Å². The molecule has 178 valence electrons. The Balaban J connectivity index is 1.65. The first-order valence-corrected chi connectivity index (χ1v) is 11.8.